The van der Waals surface area contributed by atoms with Crippen molar-refractivity contribution in [2.24, 2.45) is 12.8 Å². The Morgan fingerprint density at radius 2 is 2.00 bits per heavy atom. The largest absolute Gasteiger partial charge is 0.337 e. The van der Waals surface area contributed by atoms with Gasteiger partial charge in [-0.05, 0) is 19.8 Å². The monoisotopic (exact) mass is 322 g/mol. The lowest BCUT2D eigenvalue weighted by Crippen LogP contribution is -2.51. The van der Waals surface area contributed by atoms with Crippen molar-refractivity contribution < 1.29 is 8.42 Å². The van der Waals surface area contributed by atoms with E-state index in [0.717, 1.165) is 25.7 Å². The molecule has 8 heteroatoms. The van der Waals surface area contributed by atoms with Crippen LogP contribution in [0.3, 0.4) is 0 Å². The van der Waals surface area contributed by atoms with Gasteiger partial charge in [0.15, 0.2) is 5.03 Å². The molecule has 0 spiro atoms. The first-order valence-electron chi connectivity index (χ1n) is 6.61. The molecule has 0 atom stereocenters. The van der Waals surface area contributed by atoms with E-state index in [0.29, 0.717) is 5.82 Å². The molecule has 1 heterocycles. The standard InChI is InChI=1S/C12H22N4O2S.ClH/c1-10-15-11(8-16(10)2)19(17,18)14-9-12(13)6-4-3-5-7-12;/h8,14H,3-7,9,13H2,1-2H3;1H. The first-order chi connectivity index (χ1) is 8.82. The molecule has 0 bridgehead atoms. The summed E-state index contributed by atoms with van der Waals surface area (Å²) in [4.78, 5) is 4.04. The van der Waals surface area contributed by atoms with Gasteiger partial charge in [-0.25, -0.2) is 18.1 Å². The third-order valence-electron chi connectivity index (χ3n) is 3.83. The molecule has 1 aliphatic carbocycles. The van der Waals surface area contributed by atoms with Crippen molar-refractivity contribution in [3.8, 4) is 0 Å². The van der Waals surface area contributed by atoms with Crippen molar-refractivity contribution in [1.82, 2.24) is 14.3 Å². The van der Waals surface area contributed by atoms with Gasteiger partial charge in [-0.15, -0.1) is 12.4 Å². The van der Waals surface area contributed by atoms with Crippen LogP contribution in [0.2, 0.25) is 0 Å². The zero-order valence-electron chi connectivity index (χ0n) is 11.9. The molecule has 0 saturated heterocycles. The van der Waals surface area contributed by atoms with E-state index < -0.39 is 15.6 Å². The molecule has 1 aliphatic rings. The van der Waals surface area contributed by atoms with Crippen molar-refractivity contribution >= 4 is 22.4 Å². The van der Waals surface area contributed by atoms with E-state index in [2.05, 4.69) is 9.71 Å². The maximum Gasteiger partial charge on any atom is 0.259 e. The molecule has 20 heavy (non-hydrogen) atoms. The average Bonchev–Trinajstić information content (AvgIpc) is 2.69. The molecule has 1 fully saturated rings. The van der Waals surface area contributed by atoms with Crippen LogP contribution in [-0.4, -0.2) is 30.1 Å². The maximum absolute atomic E-state index is 12.1. The third-order valence-corrected chi connectivity index (χ3v) is 5.10. The highest BCUT2D eigenvalue weighted by atomic mass is 35.5. The lowest BCUT2D eigenvalue weighted by Gasteiger charge is -2.33. The predicted molar refractivity (Wildman–Crippen MR) is 80.4 cm³/mol. The molecule has 0 amide bonds. The van der Waals surface area contributed by atoms with Gasteiger partial charge in [-0.3, -0.25) is 0 Å². The van der Waals surface area contributed by atoms with Crippen molar-refractivity contribution in [2.75, 3.05) is 6.54 Å². The first kappa shape index (κ1) is 17.4. The fourth-order valence-electron chi connectivity index (χ4n) is 2.40. The molecule has 0 radical (unpaired) electrons. The Balaban J connectivity index is 0.00000200. The Labute approximate surface area is 126 Å². The summed E-state index contributed by atoms with van der Waals surface area (Å²) < 4.78 is 28.6. The summed E-state index contributed by atoms with van der Waals surface area (Å²) in [5, 5.41) is 0.0620. The second kappa shape index (κ2) is 6.43. The minimum atomic E-state index is -3.56. The number of nitrogens with one attached hydrogen (secondary N) is 1. The van der Waals surface area contributed by atoms with E-state index in [1.54, 1.807) is 18.5 Å². The van der Waals surface area contributed by atoms with E-state index in [-0.39, 0.29) is 24.0 Å². The molecule has 0 aliphatic heterocycles. The molecule has 0 unspecified atom stereocenters. The zero-order valence-corrected chi connectivity index (χ0v) is 13.6. The van der Waals surface area contributed by atoms with E-state index in [9.17, 15) is 8.42 Å². The molecular weight excluding hydrogens is 300 g/mol. The maximum atomic E-state index is 12.1. The number of hydrogen-bond donors (Lipinski definition) is 2. The van der Waals surface area contributed by atoms with E-state index in [1.165, 1.54) is 12.6 Å². The molecule has 0 aromatic carbocycles. The lowest BCUT2D eigenvalue weighted by molar-refractivity contribution is 0.296. The Hall–Kier alpha value is -0.630. The van der Waals surface area contributed by atoms with Gasteiger partial charge in [-0.2, -0.15) is 0 Å². The van der Waals surface area contributed by atoms with Gasteiger partial charge >= 0.3 is 0 Å². The fourth-order valence-corrected chi connectivity index (χ4v) is 3.58. The fraction of sp³-hybridized carbons (Fsp3) is 0.750. The van der Waals surface area contributed by atoms with Crippen molar-refractivity contribution in [3.63, 3.8) is 0 Å². The smallest absolute Gasteiger partial charge is 0.259 e. The highest BCUT2D eigenvalue weighted by Gasteiger charge is 2.30. The average molecular weight is 323 g/mol. The topological polar surface area (TPSA) is 90.0 Å². The highest BCUT2D eigenvalue weighted by molar-refractivity contribution is 7.89. The van der Waals surface area contributed by atoms with Crippen LogP contribution in [0.4, 0.5) is 0 Å². The van der Waals surface area contributed by atoms with Crippen molar-refractivity contribution in [1.29, 1.82) is 0 Å². The number of halogens is 1. The molecule has 2 rings (SSSR count). The van der Waals surface area contributed by atoms with Crippen LogP contribution in [0.25, 0.3) is 0 Å². The summed E-state index contributed by atoms with van der Waals surface area (Å²) in [6, 6.07) is 0. The van der Waals surface area contributed by atoms with E-state index >= 15 is 0 Å². The SMILES string of the molecule is Cc1nc(S(=O)(=O)NCC2(N)CCCCC2)cn1C.Cl. The third kappa shape index (κ3) is 3.94. The van der Waals surface area contributed by atoms with Crippen molar-refractivity contribution in [3.05, 3.63) is 12.0 Å². The van der Waals surface area contributed by atoms with Crippen LogP contribution in [0, 0.1) is 6.92 Å². The van der Waals surface area contributed by atoms with E-state index in [1.807, 2.05) is 0 Å². The minimum absolute atomic E-state index is 0. The van der Waals surface area contributed by atoms with Gasteiger partial charge in [0, 0.05) is 25.3 Å². The van der Waals surface area contributed by atoms with Crippen LogP contribution >= 0.6 is 12.4 Å². The summed E-state index contributed by atoms with van der Waals surface area (Å²) in [5.41, 5.74) is 5.82. The molecule has 1 aromatic heterocycles. The lowest BCUT2D eigenvalue weighted by atomic mass is 9.83. The van der Waals surface area contributed by atoms with Crippen LogP contribution in [0.15, 0.2) is 11.2 Å². The minimum Gasteiger partial charge on any atom is -0.337 e. The molecule has 116 valence electrons. The second-order valence-electron chi connectivity index (χ2n) is 5.48. The van der Waals surface area contributed by atoms with Gasteiger partial charge < -0.3 is 10.3 Å². The van der Waals surface area contributed by atoms with Crippen LogP contribution in [0.1, 0.15) is 37.9 Å². The number of sulfonamides is 1. The Morgan fingerprint density at radius 3 is 2.50 bits per heavy atom. The zero-order chi connectivity index (χ0) is 14.1. The van der Waals surface area contributed by atoms with Gasteiger partial charge in [0.05, 0.1) is 0 Å². The Morgan fingerprint density at radius 1 is 1.40 bits per heavy atom. The van der Waals surface area contributed by atoms with Gasteiger partial charge in [0.25, 0.3) is 10.0 Å². The summed E-state index contributed by atoms with van der Waals surface area (Å²) in [6.45, 7) is 2.05. The van der Waals surface area contributed by atoms with Gasteiger partial charge in [-0.1, -0.05) is 19.3 Å². The first-order valence-corrected chi connectivity index (χ1v) is 8.09. The quantitative estimate of drug-likeness (QED) is 0.868. The number of imidazole rings is 1. The van der Waals surface area contributed by atoms with Gasteiger partial charge in [0.2, 0.25) is 0 Å². The molecule has 6 nitrogen and oxygen atoms in total. The predicted octanol–water partition coefficient (Wildman–Crippen LogP) is 1.09. The number of nitrogens with zero attached hydrogens (tertiary/aromatic N) is 2. The number of aryl methyl sites for hydroxylation is 2. The Kier molecular flexibility index (Phi) is 5.60. The number of nitrogens with two attached hydrogens (primary N) is 1. The normalized spacial score (nSPS) is 18.6. The van der Waals surface area contributed by atoms with E-state index in [4.69, 9.17) is 5.73 Å². The number of rotatable bonds is 4. The van der Waals surface area contributed by atoms with Crippen LogP contribution in [-0.2, 0) is 17.1 Å². The molecule has 3 N–H and O–H groups in total. The molecule has 1 saturated carbocycles. The molecular formula is C12H23ClN4O2S. The summed E-state index contributed by atoms with van der Waals surface area (Å²) in [6.07, 6.45) is 6.59. The highest BCUT2D eigenvalue weighted by Crippen LogP contribution is 2.25. The number of hydrogen-bond acceptors (Lipinski definition) is 4. The van der Waals surface area contributed by atoms with Crippen LogP contribution in [0.5, 0.6) is 0 Å². The summed E-state index contributed by atoms with van der Waals surface area (Å²) in [5.74, 6) is 0.667. The van der Waals surface area contributed by atoms with Gasteiger partial charge in [0.1, 0.15) is 5.82 Å². The van der Waals surface area contributed by atoms with Crippen LogP contribution < -0.4 is 10.5 Å². The second-order valence-corrected chi connectivity index (χ2v) is 7.20. The Bertz CT molecular complexity index is 530. The summed E-state index contributed by atoms with van der Waals surface area (Å²) >= 11 is 0. The summed E-state index contributed by atoms with van der Waals surface area (Å²) in [7, 11) is -1.79. The molecule has 1 aromatic rings. The van der Waals surface area contributed by atoms with Crippen molar-refractivity contribution in [2.45, 2.75) is 49.6 Å². The number of aromatic nitrogens is 2.